The Morgan fingerprint density at radius 3 is 2.15 bits per heavy atom. The number of benzene rings is 1. The van der Waals surface area contributed by atoms with Crippen LogP contribution in [-0.4, -0.2) is 13.0 Å². The van der Waals surface area contributed by atoms with E-state index in [0.29, 0.717) is 5.56 Å². The zero-order chi connectivity index (χ0) is 9.35. The van der Waals surface area contributed by atoms with Crippen LogP contribution in [0.5, 0.6) is 0 Å². The van der Waals surface area contributed by atoms with Crippen molar-refractivity contribution in [2.75, 3.05) is 0 Å². The van der Waals surface area contributed by atoms with E-state index < -0.39 is 10.1 Å². The van der Waals surface area contributed by atoms with Crippen molar-refractivity contribution in [2.45, 2.75) is 18.7 Å². The largest absolute Gasteiger partial charge is 0.294 e. The van der Waals surface area contributed by atoms with Gasteiger partial charge in [0.2, 0.25) is 0 Å². The smallest absolute Gasteiger partial charge is 0.282 e. The molecule has 0 saturated carbocycles. The van der Waals surface area contributed by atoms with E-state index in [2.05, 4.69) is 0 Å². The minimum absolute atomic E-state index is 0. The molecule has 0 spiro atoms. The molecule has 0 fully saturated rings. The highest BCUT2D eigenvalue weighted by Crippen LogP contribution is 2.15. The molecule has 1 rings (SSSR count). The molecule has 0 atom stereocenters. The maximum absolute atomic E-state index is 10.8. The van der Waals surface area contributed by atoms with E-state index in [9.17, 15) is 8.42 Å². The molecular formula is C8H11IO3S. The first-order valence-electron chi connectivity index (χ1n) is 3.46. The zero-order valence-corrected chi connectivity index (χ0v) is 10.5. The molecular weight excluding hydrogens is 303 g/mol. The summed E-state index contributed by atoms with van der Waals surface area (Å²) in [7, 11) is -4.06. The van der Waals surface area contributed by atoms with E-state index in [1.807, 2.05) is 0 Å². The van der Waals surface area contributed by atoms with Crippen molar-refractivity contribution in [2.24, 2.45) is 0 Å². The van der Waals surface area contributed by atoms with Gasteiger partial charge in [0.15, 0.2) is 0 Å². The third-order valence-electron chi connectivity index (χ3n) is 1.62. The van der Waals surface area contributed by atoms with Crippen LogP contribution in [0.25, 0.3) is 0 Å². The first-order valence-corrected chi connectivity index (χ1v) is 4.90. The fourth-order valence-electron chi connectivity index (χ4n) is 0.985. The molecule has 1 aromatic rings. The van der Waals surface area contributed by atoms with Crippen LogP contribution in [0.1, 0.15) is 11.1 Å². The van der Waals surface area contributed by atoms with Gasteiger partial charge < -0.3 is 0 Å². The summed E-state index contributed by atoms with van der Waals surface area (Å²) in [6.45, 7) is 3.41. The van der Waals surface area contributed by atoms with Gasteiger partial charge in [-0.1, -0.05) is 12.1 Å². The Balaban J connectivity index is 0.00000144. The molecule has 0 radical (unpaired) electrons. The van der Waals surface area contributed by atoms with E-state index in [-0.39, 0.29) is 28.9 Å². The van der Waals surface area contributed by atoms with E-state index >= 15 is 0 Å². The van der Waals surface area contributed by atoms with Gasteiger partial charge in [-0.15, -0.1) is 24.0 Å². The Morgan fingerprint density at radius 2 is 1.77 bits per heavy atom. The van der Waals surface area contributed by atoms with Gasteiger partial charge in [0.1, 0.15) is 0 Å². The van der Waals surface area contributed by atoms with E-state index in [0.717, 1.165) is 5.56 Å². The van der Waals surface area contributed by atoms with Gasteiger partial charge in [-0.25, -0.2) is 0 Å². The summed E-state index contributed by atoms with van der Waals surface area (Å²) in [5, 5.41) is 0. The normalized spacial score (nSPS) is 10.7. The molecule has 0 unspecified atom stereocenters. The van der Waals surface area contributed by atoms with Crippen molar-refractivity contribution in [3.8, 4) is 0 Å². The maximum Gasteiger partial charge on any atom is 0.294 e. The topological polar surface area (TPSA) is 54.4 Å². The molecule has 5 heteroatoms. The minimum atomic E-state index is -4.06. The monoisotopic (exact) mass is 314 g/mol. The predicted molar refractivity (Wildman–Crippen MR) is 61.1 cm³/mol. The van der Waals surface area contributed by atoms with Crippen molar-refractivity contribution < 1.29 is 13.0 Å². The molecule has 1 aromatic carbocycles. The van der Waals surface area contributed by atoms with Gasteiger partial charge in [0.05, 0.1) is 4.90 Å². The Labute approximate surface area is 94.9 Å². The lowest BCUT2D eigenvalue weighted by molar-refractivity contribution is 0.482. The van der Waals surface area contributed by atoms with Crippen molar-refractivity contribution in [1.29, 1.82) is 0 Å². The Kier molecular flexibility index (Phi) is 4.34. The van der Waals surface area contributed by atoms with Crippen LogP contribution in [0.3, 0.4) is 0 Å². The molecule has 0 aliphatic carbocycles. The third kappa shape index (κ3) is 3.24. The van der Waals surface area contributed by atoms with Crippen LogP contribution in [-0.2, 0) is 10.1 Å². The van der Waals surface area contributed by atoms with Crippen LogP contribution < -0.4 is 0 Å². The van der Waals surface area contributed by atoms with Crippen molar-refractivity contribution in [3.05, 3.63) is 29.3 Å². The van der Waals surface area contributed by atoms with Crippen LogP contribution in [0.2, 0.25) is 0 Å². The fraction of sp³-hybridized carbons (Fsp3) is 0.250. The molecule has 0 bridgehead atoms. The van der Waals surface area contributed by atoms with Crippen molar-refractivity contribution in [1.82, 2.24) is 0 Å². The summed E-state index contributed by atoms with van der Waals surface area (Å²) in [5.41, 5.74) is 1.37. The molecule has 1 N–H and O–H groups in total. The first kappa shape index (κ1) is 12.9. The van der Waals surface area contributed by atoms with E-state index in [1.54, 1.807) is 26.0 Å². The molecule has 13 heavy (non-hydrogen) atoms. The van der Waals surface area contributed by atoms with Crippen molar-refractivity contribution >= 4 is 34.1 Å². The van der Waals surface area contributed by atoms with Crippen LogP contribution in [0, 0.1) is 13.8 Å². The average molecular weight is 314 g/mol. The minimum Gasteiger partial charge on any atom is -0.282 e. The van der Waals surface area contributed by atoms with Crippen molar-refractivity contribution in [3.63, 3.8) is 0 Å². The molecule has 74 valence electrons. The molecule has 3 nitrogen and oxygen atoms in total. The summed E-state index contributed by atoms with van der Waals surface area (Å²) in [4.78, 5) is -0.0116. The SMILES string of the molecule is Cc1ccc(C)c(S(=O)(=O)O)c1.I. The first-order chi connectivity index (χ1) is 5.41. The zero-order valence-electron chi connectivity index (χ0n) is 7.31. The highest BCUT2D eigenvalue weighted by Gasteiger charge is 2.11. The van der Waals surface area contributed by atoms with Crippen LogP contribution in [0.4, 0.5) is 0 Å². The molecule has 0 amide bonds. The second kappa shape index (κ2) is 4.39. The summed E-state index contributed by atoms with van der Waals surface area (Å²) in [6.07, 6.45) is 0. The molecule has 0 saturated heterocycles. The van der Waals surface area contributed by atoms with Gasteiger partial charge in [0, 0.05) is 0 Å². The quantitative estimate of drug-likeness (QED) is 0.638. The van der Waals surface area contributed by atoms with E-state index in [4.69, 9.17) is 4.55 Å². The second-order valence-electron chi connectivity index (χ2n) is 2.74. The average Bonchev–Trinajstić information content (AvgIpc) is 1.92. The predicted octanol–water partition coefficient (Wildman–Crippen LogP) is 2.17. The highest BCUT2D eigenvalue weighted by molar-refractivity contribution is 14.0. The van der Waals surface area contributed by atoms with Crippen LogP contribution >= 0.6 is 24.0 Å². The lowest BCUT2D eigenvalue weighted by Crippen LogP contribution is -2.00. The Bertz CT molecular complexity index is 398. The fourth-order valence-corrected chi connectivity index (χ4v) is 1.79. The number of hydrogen-bond donors (Lipinski definition) is 1. The summed E-state index contributed by atoms with van der Waals surface area (Å²) in [6, 6.07) is 4.91. The summed E-state index contributed by atoms with van der Waals surface area (Å²) in [5.74, 6) is 0. The van der Waals surface area contributed by atoms with Gasteiger partial charge >= 0.3 is 0 Å². The summed E-state index contributed by atoms with van der Waals surface area (Å²) >= 11 is 0. The maximum atomic E-state index is 10.8. The summed E-state index contributed by atoms with van der Waals surface area (Å²) < 4.78 is 30.3. The van der Waals surface area contributed by atoms with Crippen LogP contribution in [0.15, 0.2) is 23.1 Å². The van der Waals surface area contributed by atoms with Gasteiger partial charge in [-0.3, -0.25) is 4.55 Å². The van der Waals surface area contributed by atoms with E-state index in [1.165, 1.54) is 6.07 Å². The lowest BCUT2D eigenvalue weighted by Gasteiger charge is -2.02. The van der Waals surface area contributed by atoms with Gasteiger partial charge in [-0.05, 0) is 31.0 Å². The Morgan fingerprint density at radius 1 is 1.23 bits per heavy atom. The van der Waals surface area contributed by atoms with Gasteiger partial charge in [0.25, 0.3) is 10.1 Å². The molecule has 0 aromatic heterocycles. The molecule has 0 aliphatic rings. The number of aryl methyl sites for hydroxylation is 2. The standard InChI is InChI=1S/C8H10O3S.HI/c1-6-3-4-7(2)8(5-6)12(9,10)11;/h3-5H,1-2H3,(H,9,10,11);1H. The second-order valence-corrected chi connectivity index (χ2v) is 4.13. The third-order valence-corrected chi connectivity index (χ3v) is 2.62. The van der Waals surface area contributed by atoms with Gasteiger partial charge in [-0.2, -0.15) is 8.42 Å². The Hall–Kier alpha value is -0.140. The number of rotatable bonds is 1. The molecule has 0 aliphatic heterocycles. The molecule has 0 heterocycles. The number of halogens is 1. The lowest BCUT2D eigenvalue weighted by atomic mass is 10.2. The number of hydrogen-bond acceptors (Lipinski definition) is 2. The highest BCUT2D eigenvalue weighted by atomic mass is 127.